The van der Waals surface area contributed by atoms with Crippen molar-refractivity contribution in [2.75, 3.05) is 34.7 Å². The zero-order chi connectivity index (χ0) is 24.6. The minimum absolute atomic E-state index is 0.00327. The van der Waals surface area contributed by atoms with Crippen molar-refractivity contribution in [3.8, 4) is 34.5 Å². The number of hydrogen-bond acceptors (Lipinski definition) is 7. The van der Waals surface area contributed by atoms with E-state index in [0.717, 1.165) is 48.4 Å². The lowest BCUT2D eigenvalue weighted by Crippen LogP contribution is -2.40. The molecular weight excluding hydrogens is 458 g/mol. The summed E-state index contributed by atoms with van der Waals surface area (Å²) in [5, 5.41) is 0. The van der Waals surface area contributed by atoms with Crippen LogP contribution in [0.4, 0.5) is 0 Å². The largest absolute Gasteiger partial charge is 0.493 e. The zero-order valence-electron chi connectivity index (χ0n) is 20.9. The third-order valence-electron chi connectivity index (χ3n) is 7.47. The summed E-state index contributed by atoms with van der Waals surface area (Å²) in [7, 11) is 4.94. The van der Waals surface area contributed by atoms with Crippen LogP contribution >= 0.6 is 0 Å². The predicted molar refractivity (Wildman–Crippen MR) is 135 cm³/mol. The fourth-order valence-electron chi connectivity index (χ4n) is 5.87. The Labute approximate surface area is 211 Å². The molecule has 3 heterocycles. The van der Waals surface area contributed by atoms with E-state index in [1.54, 1.807) is 21.3 Å². The van der Waals surface area contributed by atoms with Gasteiger partial charge in [-0.3, -0.25) is 4.90 Å². The normalized spacial score (nSPS) is 20.0. The van der Waals surface area contributed by atoms with E-state index in [2.05, 4.69) is 35.2 Å². The predicted octanol–water partition coefficient (Wildman–Crippen LogP) is 5.13. The first-order valence-corrected chi connectivity index (χ1v) is 12.4. The molecule has 3 aromatic carbocycles. The van der Waals surface area contributed by atoms with Crippen LogP contribution in [0.2, 0.25) is 0 Å². The highest BCUT2D eigenvalue weighted by Crippen LogP contribution is 2.53. The van der Waals surface area contributed by atoms with Gasteiger partial charge in [0.05, 0.1) is 27.4 Å². The Balaban J connectivity index is 1.49. The Bertz CT molecular complexity index is 1240. The van der Waals surface area contributed by atoms with Crippen LogP contribution in [0.25, 0.3) is 0 Å². The minimum atomic E-state index is 0.00327. The maximum Gasteiger partial charge on any atom is 0.231 e. The van der Waals surface area contributed by atoms with Gasteiger partial charge in [0.2, 0.25) is 18.3 Å². The quantitative estimate of drug-likeness (QED) is 0.456. The molecule has 0 aromatic heterocycles. The number of fused-ring (bicyclic) bond motifs is 3. The first kappa shape index (κ1) is 22.9. The fraction of sp³-hybridized carbons (Fsp3) is 0.379. The molecule has 7 heteroatoms. The second-order valence-corrected chi connectivity index (χ2v) is 9.38. The van der Waals surface area contributed by atoms with Crippen molar-refractivity contribution < 1.29 is 28.4 Å². The molecule has 0 spiro atoms. The Morgan fingerprint density at radius 3 is 2.42 bits per heavy atom. The summed E-state index contributed by atoms with van der Waals surface area (Å²) in [5.74, 6) is 4.13. The fourth-order valence-corrected chi connectivity index (χ4v) is 5.87. The maximum atomic E-state index is 6.50. The van der Waals surface area contributed by atoms with E-state index in [0.29, 0.717) is 35.6 Å². The molecule has 7 nitrogen and oxygen atoms in total. The maximum absolute atomic E-state index is 6.50. The summed E-state index contributed by atoms with van der Waals surface area (Å²) in [5.41, 5.74) is 4.57. The molecule has 0 unspecified atom stereocenters. The molecule has 1 saturated heterocycles. The highest BCUT2D eigenvalue weighted by Gasteiger charge is 2.42. The standard InChI is InChI=1S/C29H31NO6/c1-31-23-12-19(13-24(32-2)28(23)33-3)26-21-15-25-29(36-17-35-25)27(34-16-18-8-5-4-6-9-18)22(21)14-20-10-7-11-30(20)26/h4-6,8-9,12-13,15,20,26H,7,10-11,14,16-17H2,1-3H3/t20-,26+/m0/s1. The summed E-state index contributed by atoms with van der Waals surface area (Å²) in [6, 6.07) is 16.9. The molecule has 0 saturated carbocycles. The Hall–Kier alpha value is -3.58. The second-order valence-electron chi connectivity index (χ2n) is 9.38. The molecule has 0 aliphatic carbocycles. The summed E-state index contributed by atoms with van der Waals surface area (Å²) in [6.45, 7) is 1.69. The van der Waals surface area contributed by atoms with Crippen LogP contribution in [-0.4, -0.2) is 45.6 Å². The number of ether oxygens (including phenoxy) is 6. The van der Waals surface area contributed by atoms with Crippen molar-refractivity contribution in [3.05, 3.63) is 70.8 Å². The monoisotopic (exact) mass is 489 g/mol. The van der Waals surface area contributed by atoms with Gasteiger partial charge in [0.1, 0.15) is 6.61 Å². The SMILES string of the molecule is COc1cc([C@@H]2c3cc4c(c(OCc5ccccc5)c3C[C@@H]3CCCN32)OCO4)cc(OC)c1OC. The van der Waals surface area contributed by atoms with Crippen LogP contribution in [0.15, 0.2) is 48.5 Å². The molecule has 36 heavy (non-hydrogen) atoms. The molecule has 0 radical (unpaired) electrons. The first-order chi connectivity index (χ1) is 17.7. The average Bonchev–Trinajstić information content (AvgIpc) is 3.59. The van der Waals surface area contributed by atoms with Crippen molar-refractivity contribution in [1.29, 1.82) is 0 Å². The minimum Gasteiger partial charge on any atom is -0.493 e. The Morgan fingerprint density at radius 1 is 0.917 bits per heavy atom. The smallest absolute Gasteiger partial charge is 0.231 e. The van der Waals surface area contributed by atoms with Gasteiger partial charge in [0, 0.05) is 11.6 Å². The number of methoxy groups -OCH3 is 3. The van der Waals surface area contributed by atoms with E-state index in [4.69, 9.17) is 28.4 Å². The van der Waals surface area contributed by atoms with Gasteiger partial charge in [-0.2, -0.15) is 0 Å². The summed E-state index contributed by atoms with van der Waals surface area (Å²) < 4.78 is 35.3. The van der Waals surface area contributed by atoms with Gasteiger partial charge in [-0.1, -0.05) is 30.3 Å². The molecule has 0 amide bonds. The van der Waals surface area contributed by atoms with E-state index in [1.807, 2.05) is 18.2 Å². The van der Waals surface area contributed by atoms with Crippen molar-refractivity contribution in [3.63, 3.8) is 0 Å². The van der Waals surface area contributed by atoms with Crippen LogP contribution in [0, 0.1) is 0 Å². The molecular formula is C29H31NO6. The Kier molecular flexibility index (Phi) is 6.01. The average molecular weight is 490 g/mol. The van der Waals surface area contributed by atoms with Crippen molar-refractivity contribution in [2.24, 2.45) is 0 Å². The highest BCUT2D eigenvalue weighted by atomic mass is 16.7. The highest BCUT2D eigenvalue weighted by molar-refractivity contribution is 5.64. The van der Waals surface area contributed by atoms with Crippen LogP contribution in [0.1, 0.15) is 41.1 Å². The molecule has 1 fully saturated rings. The van der Waals surface area contributed by atoms with Crippen LogP contribution < -0.4 is 28.4 Å². The van der Waals surface area contributed by atoms with E-state index in [-0.39, 0.29) is 12.8 Å². The van der Waals surface area contributed by atoms with Gasteiger partial charge < -0.3 is 28.4 Å². The summed E-state index contributed by atoms with van der Waals surface area (Å²) in [6.07, 6.45) is 3.22. The van der Waals surface area contributed by atoms with Crippen molar-refractivity contribution in [1.82, 2.24) is 4.90 Å². The van der Waals surface area contributed by atoms with E-state index in [1.165, 1.54) is 11.1 Å². The van der Waals surface area contributed by atoms with Gasteiger partial charge in [0.25, 0.3) is 0 Å². The molecule has 3 aromatic rings. The molecule has 3 aliphatic heterocycles. The number of benzene rings is 3. The summed E-state index contributed by atoms with van der Waals surface area (Å²) in [4.78, 5) is 2.59. The van der Waals surface area contributed by atoms with E-state index >= 15 is 0 Å². The lowest BCUT2D eigenvalue weighted by Gasteiger charge is -2.40. The van der Waals surface area contributed by atoms with Crippen molar-refractivity contribution in [2.45, 2.75) is 38.0 Å². The molecule has 2 atom stereocenters. The first-order valence-electron chi connectivity index (χ1n) is 12.4. The van der Waals surface area contributed by atoms with E-state index in [9.17, 15) is 0 Å². The number of rotatable bonds is 7. The summed E-state index contributed by atoms with van der Waals surface area (Å²) >= 11 is 0. The Morgan fingerprint density at radius 2 is 1.69 bits per heavy atom. The second kappa shape index (κ2) is 9.47. The van der Waals surface area contributed by atoms with E-state index < -0.39 is 0 Å². The zero-order valence-corrected chi connectivity index (χ0v) is 20.9. The van der Waals surface area contributed by atoms with Crippen LogP contribution in [0.3, 0.4) is 0 Å². The van der Waals surface area contributed by atoms with Crippen LogP contribution in [0.5, 0.6) is 34.5 Å². The van der Waals surface area contributed by atoms with Gasteiger partial charge in [-0.15, -0.1) is 0 Å². The lowest BCUT2D eigenvalue weighted by atomic mass is 9.84. The van der Waals surface area contributed by atoms with Gasteiger partial charge >= 0.3 is 0 Å². The topological polar surface area (TPSA) is 58.6 Å². The molecule has 6 rings (SSSR count). The molecule has 188 valence electrons. The van der Waals surface area contributed by atoms with Crippen LogP contribution in [-0.2, 0) is 13.0 Å². The molecule has 3 aliphatic rings. The van der Waals surface area contributed by atoms with Gasteiger partial charge in [-0.25, -0.2) is 0 Å². The van der Waals surface area contributed by atoms with Gasteiger partial charge in [0.15, 0.2) is 23.0 Å². The third kappa shape index (κ3) is 3.78. The lowest BCUT2D eigenvalue weighted by molar-refractivity contribution is 0.168. The third-order valence-corrected chi connectivity index (χ3v) is 7.47. The van der Waals surface area contributed by atoms with Crippen molar-refractivity contribution >= 4 is 0 Å². The molecule has 0 bridgehead atoms. The van der Waals surface area contributed by atoms with Gasteiger partial charge in [-0.05, 0) is 60.7 Å². The number of hydrogen-bond donors (Lipinski definition) is 0. The molecule has 0 N–H and O–H groups in total. The number of nitrogens with zero attached hydrogens (tertiary/aromatic N) is 1.